The van der Waals surface area contributed by atoms with Crippen LogP contribution >= 0.6 is 0 Å². The van der Waals surface area contributed by atoms with Crippen LogP contribution in [0.3, 0.4) is 0 Å². The van der Waals surface area contributed by atoms with Gasteiger partial charge in [0.15, 0.2) is 11.5 Å². The Balaban J connectivity index is 2.21. The fourth-order valence-electron chi connectivity index (χ4n) is 2.74. The number of hydrogen-bond donors (Lipinski definition) is 0. The van der Waals surface area contributed by atoms with Crippen LogP contribution in [-0.2, 0) is 13.0 Å². The van der Waals surface area contributed by atoms with Gasteiger partial charge in [0.25, 0.3) is 0 Å². The van der Waals surface area contributed by atoms with Crippen LogP contribution in [0.15, 0.2) is 23.0 Å². The quantitative estimate of drug-likeness (QED) is 0.863. The molecule has 0 atom stereocenters. The van der Waals surface area contributed by atoms with Gasteiger partial charge in [0.2, 0.25) is 5.88 Å². The van der Waals surface area contributed by atoms with E-state index in [1.54, 1.807) is 24.9 Å². The Labute approximate surface area is 128 Å². The Hall–Kier alpha value is -2.50. The molecule has 0 aliphatic carbocycles. The van der Waals surface area contributed by atoms with Crippen molar-refractivity contribution in [2.45, 2.75) is 19.9 Å². The molecule has 6 nitrogen and oxygen atoms in total. The summed E-state index contributed by atoms with van der Waals surface area (Å²) < 4.78 is 17.8. The van der Waals surface area contributed by atoms with Crippen LogP contribution in [0.2, 0.25) is 0 Å². The second kappa shape index (κ2) is 5.71. The lowest BCUT2D eigenvalue weighted by Crippen LogP contribution is -2.28. The lowest BCUT2D eigenvalue weighted by atomic mass is 9.97. The third-order valence-electron chi connectivity index (χ3n) is 3.77. The van der Waals surface area contributed by atoms with E-state index in [0.29, 0.717) is 30.5 Å². The van der Waals surface area contributed by atoms with Gasteiger partial charge in [0.05, 0.1) is 26.5 Å². The Morgan fingerprint density at radius 1 is 1.18 bits per heavy atom. The van der Waals surface area contributed by atoms with E-state index in [4.69, 9.17) is 14.2 Å². The average Bonchev–Trinajstić information content (AvgIpc) is 2.53. The van der Waals surface area contributed by atoms with Crippen molar-refractivity contribution in [1.82, 2.24) is 9.55 Å². The van der Waals surface area contributed by atoms with Crippen LogP contribution in [0.25, 0.3) is 11.3 Å². The number of fused-ring (bicyclic) bond motifs is 3. The number of hydrogen-bond acceptors (Lipinski definition) is 5. The molecule has 0 fully saturated rings. The van der Waals surface area contributed by atoms with Gasteiger partial charge >= 0.3 is 5.69 Å². The molecule has 0 bridgehead atoms. The molecule has 0 N–H and O–H groups in total. The fourth-order valence-corrected chi connectivity index (χ4v) is 2.74. The summed E-state index contributed by atoms with van der Waals surface area (Å²) >= 11 is 0. The number of aryl methyl sites for hydroxylation is 1. The topological polar surface area (TPSA) is 62.6 Å². The number of rotatable bonds is 4. The Bertz CT molecular complexity index is 767. The molecule has 0 unspecified atom stereocenters. The summed E-state index contributed by atoms with van der Waals surface area (Å²) in [7, 11) is 3.21. The first-order chi connectivity index (χ1) is 10.7. The van der Waals surface area contributed by atoms with Gasteiger partial charge in [-0.15, -0.1) is 0 Å². The molecule has 1 aliphatic rings. The van der Waals surface area contributed by atoms with Gasteiger partial charge in [-0.3, -0.25) is 4.57 Å². The summed E-state index contributed by atoms with van der Waals surface area (Å²) in [6.07, 6.45) is 0.748. The maximum atomic E-state index is 12.2. The van der Waals surface area contributed by atoms with Crippen molar-refractivity contribution in [3.8, 4) is 28.6 Å². The number of aromatic nitrogens is 2. The molecule has 2 heterocycles. The molecule has 0 spiro atoms. The second-order valence-electron chi connectivity index (χ2n) is 4.96. The molecule has 22 heavy (non-hydrogen) atoms. The molecule has 0 saturated heterocycles. The number of methoxy groups -OCH3 is 2. The van der Waals surface area contributed by atoms with Gasteiger partial charge in [-0.2, -0.15) is 4.98 Å². The third-order valence-corrected chi connectivity index (χ3v) is 3.77. The van der Waals surface area contributed by atoms with Crippen LogP contribution in [0.5, 0.6) is 17.4 Å². The molecule has 2 aromatic rings. The molecule has 3 rings (SSSR count). The SMILES string of the molecule is CCOc1cc2n(c(=O)n1)CCc1cc(OC)c(OC)cc1-2. The van der Waals surface area contributed by atoms with Crippen molar-refractivity contribution in [3.05, 3.63) is 34.2 Å². The summed E-state index contributed by atoms with van der Waals surface area (Å²) in [6.45, 7) is 2.92. The third kappa shape index (κ3) is 2.30. The number of benzene rings is 1. The van der Waals surface area contributed by atoms with Crippen LogP contribution in [-0.4, -0.2) is 30.4 Å². The second-order valence-corrected chi connectivity index (χ2v) is 4.96. The molecule has 0 saturated carbocycles. The average molecular weight is 302 g/mol. The van der Waals surface area contributed by atoms with Gasteiger partial charge in [-0.1, -0.05) is 0 Å². The van der Waals surface area contributed by atoms with Crippen molar-refractivity contribution in [1.29, 1.82) is 0 Å². The van der Waals surface area contributed by atoms with Crippen LogP contribution in [0, 0.1) is 0 Å². The molecule has 0 radical (unpaired) electrons. The minimum Gasteiger partial charge on any atom is -0.493 e. The largest absolute Gasteiger partial charge is 0.493 e. The van der Waals surface area contributed by atoms with E-state index in [9.17, 15) is 4.79 Å². The van der Waals surface area contributed by atoms with Crippen LogP contribution in [0.1, 0.15) is 12.5 Å². The van der Waals surface area contributed by atoms with Crippen LogP contribution < -0.4 is 19.9 Å². The highest BCUT2D eigenvalue weighted by atomic mass is 16.5. The maximum Gasteiger partial charge on any atom is 0.351 e. The minimum absolute atomic E-state index is 0.290. The zero-order valence-corrected chi connectivity index (χ0v) is 12.9. The summed E-state index contributed by atoms with van der Waals surface area (Å²) in [5.41, 5.74) is 2.57. The smallest absolute Gasteiger partial charge is 0.351 e. The van der Waals surface area contributed by atoms with Gasteiger partial charge < -0.3 is 14.2 Å². The van der Waals surface area contributed by atoms with Crippen molar-refractivity contribution >= 4 is 0 Å². The van der Waals surface area contributed by atoms with Crippen molar-refractivity contribution in [2.75, 3.05) is 20.8 Å². The molecule has 1 aromatic heterocycles. The molecule has 116 valence electrons. The highest BCUT2D eigenvalue weighted by Gasteiger charge is 2.21. The standard InChI is InChI=1S/C16H18N2O4/c1-4-22-15-9-12-11-8-14(21-3)13(20-2)7-10(11)5-6-18(12)16(19)17-15/h7-9H,4-6H2,1-3H3. The highest BCUT2D eigenvalue weighted by Crippen LogP contribution is 2.38. The highest BCUT2D eigenvalue weighted by molar-refractivity contribution is 5.70. The van der Waals surface area contributed by atoms with Crippen molar-refractivity contribution in [2.24, 2.45) is 0 Å². The number of ether oxygens (including phenoxy) is 3. The predicted octanol–water partition coefficient (Wildman–Crippen LogP) is 1.88. The zero-order chi connectivity index (χ0) is 15.7. The van der Waals surface area contributed by atoms with Crippen molar-refractivity contribution in [3.63, 3.8) is 0 Å². The summed E-state index contributed by atoms with van der Waals surface area (Å²) in [4.78, 5) is 16.1. The molecule has 0 amide bonds. The lowest BCUT2D eigenvalue weighted by molar-refractivity contribution is 0.323. The van der Waals surface area contributed by atoms with Gasteiger partial charge in [-0.05, 0) is 31.0 Å². The zero-order valence-electron chi connectivity index (χ0n) is 12.9. The Morgan fingerprint density at radius 2 is 1.91 bits per heavy atom. The first-order valence-electron chi connectivity index (χ1n) is 7.18. The summed E-state index contributed by atoms with van der Waals surface area (Å²) in [6, 6.07) is 5.66. The fraction of sp³-hybridized carbons (Fsp3) is 0.375. The first-order valence-corrected chi connectivity index (χ1v) is 7.18. The van der Waals surface area contributed by atoms with E-state index in [1.807, 2.05) is 19.1 Å². The van der Waals surface area contributed by atoms with Crippen molar-refractivity contribution < 1.29 is 14.2 Å². The maximum absolute atomic E-state index is 12.2. The number of nitrogens with zero attached hydrogens (tertiary/aromatic N) is 2. The van der Waals surface area contributed by atoms with Gasteiger partial charge in [0.1, 0.15) is 0 Å². The monoisotopic (exact) mass is 302 g/mol. The normalized spacial score (nSPS) is 12.3. The molecular formula is C16H18N2O4. The van der Waals surface area contributed by atoms with E-state index in [0.717, 1.165) is 23.2 Å². The van der Waals surface area contributed by atoms with E-state index in [-0.39, 0.29) is 5.69 Å². The first kappa shape index (κ1) is 14.4. The Kier molecular flexibility index (Phi) is 3.75. The van der Waals surface area contributed by atoms with E-state index in [1.165, 1.54) is 0 Å². The lowest BCUT2D eigenvalue weighted by Gasteiger charge is -2.23. The minimum atomic E-state index is -0.290. The molecule has 1 aromatic carbocycles. The van der Waals surface area contributed by atoms with E-state index in [2.05, 4.69) is 4.98 Å². The summed E-state index contributed by atoms with van der Waals surface area (Å²) in [5, 5.41) is 0. The van der Waals surface area contributed by atoms with Gasteiger partial charge in [0, 0.05) is 18.2 Å². The van der Waals surface area contributed by atoms with Gasteiger partial charge in [-0.25, -0.2) is 4.79 Å². The van der Waals surface area contributed by atoms with E-state index >= 15 is 0 Å². The van der Waals surface area contributed by atoms with E-state index < -0.39 is 0 Å². The molecule has 1 aliphatic heterocycles. The van der Waals surface area contributed by atoms with Crippen LogP contribution in [0.4, 0.5) is 0 Å². The molecule has 6 heteroatoms. The molecular weight excluding hydrogens is 284 g/mol. The summed E-state index contributed by atoms with van der Waals surface area (Å²) in [5.74, 6) is 1.68. The predicted molar refractivity (Wildman–Crippen MR) is 81.9 cm³/mol. The Morgan fingerprint density at radius 3 is 2.59 bits per heavy atom.